The smallest absolute Gasteiger partial charge is 0.347 e. The van der Waals surface area contributed by atoms with E-state index >= 15 is 0 Å². The molecule has 0 aliphatic rings. The van der Waals surface area contributed by atoms with Crippen LogP contribution in [-0.2, 0) is 16.2 Å². The molecule has 0 bridgehead atoms. The molecule has 0 saturated carbocycles. The monoisotopic (exact) mass is 452 g/mol. The molecular formula is C19H17FN10O3. The lowest BCUT2D eigenvalue weighted by atomic mass is 10.2. The average molecular weight is 452 g/mol. The van der Waals surface area contributed by atoms with Crippen molar-refractivity contribution in [3.8, 4) is 11.5 Å². The highest BCUT2D eigenvalue weighted by Crippen LogP contribution is 2.29. The first-order chi connectivity index (χ1) is 16.0. The molecule has 0 atom stereocenters. The Morgan fingerprint density at radius 3 is 2.82 bits per heavy atom. The zero-order valence-electron chi connectivity index (χ0n) is 16.8. The summed E-state index contributed by atoms with van der Waals surface area (Å²) >= 11 is 0. The molecule has 0 unspecified atom stereocenters. The lowest BCUT2D eigenvalue weighted by Crippen LogP contribution is -2.48. The summed E-state index contributed by atoms with van der Waals surface area (Å²) in [4.78, 5) is 39.8. The van der Waals surface area contributed by atoms with E-state index in [9.17, 15) is 14.0 Å². The van der Waals surface area contributed by atoms with Gasteiger partial charge in [-0.25, -0.2) is 51.0 Å². The van der Waals surface area contributed by atoms with Gasteiger partial charge in [-0.05, 0) is 18.2 Å². The number of nitrogens with zero attached hydrogens (tertiary/aromatic N) is 6. The van der Waals surface area contributed by atoms with Gasteiger partial charge in [-0.3, -0.25) is 10.2 Å². The second kappa shape index (κ2) is 9.21. The number of pyridine rings is 1. The molecule has 0 spiro atoms. The van der Waals surface area contributed by atoms with Crippen LogP contribution >= 0.6 is 0 Å². The van der Waals surface area contributed by atoms with Gasteiger partial charge in [-0.15, -0.1) is 0 Å². The number of carbonyl (C=O) groups is 2. The Morgan fingerprint density at radius 2 is 2.06 bits per heavy atom. The van der Waals surface area contributed by atoms with Crippen molar-refractivity contribution in [2.24, 2.45) is 11.7 Å². The molecule has 0 saturated heterocycles. The number of anilines is 2. The van der Waals surface area contributed by atoms with Crippen molar-refractivity contribution >= 4 is 35.0 Å². The molecule has 2 amide bonds. The summed E-state index contributed by atoms with van der Waals surface area (Å²) in [5.41, 5.74) is 5.33. The molecule has 4 aromatic rings. The van der Waals surface area contributed by atoms with Crippen molar-refractivity contribution in [1.82, 2.24) is 30.2 Å². The molecule has 0 aliphatic heterocycles. The normalized spacial score (nSPS) is 10.6. The molecule has 3 heterocycles. The summed E-state index contributed by atoms with van der Waals surface area (Å²) < 4.78 is 15.7. The maximum absolute atomic E-state index is 14.2. The Bertz CT molecular complexity index is 1330. The molecule has 33 heavy (non-hydrogen) atoms. The van der Waals surface area contributed by atoms with Gasteiger partial charge < -0.3 is 4.84 Å². The van der Waals surface area contributed by atoms with Crippen LogP contribution < -0.4 is 27.6 Å². The number of hydrogen-bond acceptors (Lipinski definition) is 10. The molecule has 168 valence electrons. The Hall–Kier alpha value is -4.69. The van der Waals surface area contributed by atoms with Gasteiger partial charge in [0.15, 0.2) is 17.3 Å². The predicted molar refractivity (Wildman–Crippen MR) is 114 cm³/mol. The van der Waals surface area contributed by atoms with Crippen molar-refractivity contribution in [3.05, 3.63) is 60.2 Å². The number of benzene rings is 1. The average Bonchev–Trinajstić information content (AvgIpc) is 3.21. The fourth-order valence-corrected chi connectivity index (χ4v) is 3.07. The number of hydrogen-bond donors (Lipinski definition) is 4. The SMILES string of the molecule is NNC(=O)N(N)c1nc(-c2nn(Cc3ccccc3F)c3ncccc23)ncc1NOC=O. The first-order valence-electron chi connectivity index (χ1n) is 9.36. The predicted octanol–water partition coefficient (Wildman–Crippen LogP) is 0.839. The van der Waals surface area contributed by atoms with Crippen molar-refractivity contribution < 1.29 is 18.8 Å². The number of urea groups is 1. The first-order valence-corrected chi connectivity index (χ1v) is 9.36. The molecule has 6 N–H and O–H groups in total. The summed E-state index contributed by atoms with van der Waals surface area (Å²) in [5, 5.41) is 5.70. The van der Waals surface area contributed by atoms with Crippen LogP contribution in [0.2, 0.25) is 0 Å². The second-order valence-electron chi connectivity index (χ2n) is 6.54. The fourth-order valence-electron chi connectivity index (χ4n) is 3.07. The zero-order valence-corrected chi connectivity index (χ0v) is 16.8. The number of carbonyl (C=O) groups excluding carboxylic acids is 2. The third kappa shape index (κ3) is 4.23. The van der Waals surface area contributed by atoms with E-state index in [1.165, 1.54) is 16.9 Å². The van der Waals surface area contributed by atoms with E-state index in [2.05, 4.69) is 30.4 Å². The molecule has 0 fully saturated rings. The van der Waals surface area contributed by atoms with E-state index in [4.69, 9.17) is 11.7 Å². The van der Waals surface area contributed by atoms with Crippen LogP contribution in [0.15, 0.2) is 48.8 Å². The highest BCUT2D eigenvalue weighted by Gasteiger charge is 2.22. The van der Waals surface area contributed by atoms with Crippen LogP contribution in [-0.4, -0.2) is 37.2 Å². The van der Waals surface area contributed by atoms with E-state index in [0.29, 0.717) is 27.3 Å². The quantitative estimate of drug-likeness (QED) is 0.136. The summed E-state index contributed by atoms with van der Waals surface area (Å²) in [6.07, 6.45) is 2.82. The van der Waals surface area contributed by atoms with Crippen molar-refractivity contribution in [3.63, 3.8) is 0 Å². The van der Waals surface area contributed by atoms with Crippen molar-refractivity contribution in [2.45, 2.75) is 6.54 Å². The largest absolute Gasteiger partial charge is 0.351 e. The Kier molecular flexibility index (Phi) is 6.01. The number of hydrazine groups is 2. The molecule has 4 rings (SSSR count). The molecule has 0 radical (unpaired) electrons. The minimum atomic E-state index is -0.898. The van der Waals surface area contributed by atoms with E-state index in [-0.39, 0.29) is 36.2 Å². The van der Waals surface area contributed by atoms with E-state index in [1.54, 1.807) is 36.5 Å². The van der Waals surface area contributed by atoms with E-state index in [0.717, 1.165) is 0 Å². The van der Waals surface area contributed by atoms with Gasteiger partial charge in [0.05, 0.1) is 18.1 Å². The number of nitrogens with two attached hydrogens (primary N) is 2. The number of aromatic nitrogens is 5. The second-order valence-corrected chi connectivity index (χ2v) is 6.54. The first kappa shape index (κ1) is 21.5. The lowest BCUT2D eigenvalue weighted by Gasteiger charge is -2.18. The topological polar surface area (TPSA) is 179 Å². The van der Waals surface area contributed by atoms with E-state index in [1.807, 2.05) is 5.43 Å². The Labute approximate surface area is 185 Å². The standard InChI is InChI=1S/C19H17FN10O3/c20-13-6-2-1-4-11(13)9-29-17-12(5-3-7-23-17)15(27-29)16-24-8-14(28-33-10-31)18(25-16)30(22)19(32)26-21/h1-8,10,28H,9,21-22H2,(H,26,32). The van der Waals surface area contributed by atoms with Crippen molar-refractivity contribution in [2.75, 3.05) is 10.5 Å². The number of halogens is 1. The van der Waals surface area contributed by atoms with Crippen LogP contribution in [0.3, 0.4) is 0 Å². The zero-order chi connectivity index (χ0) is 23.4. The third-order valence-corrected chi connectivity index (χ3v) is 4.55. The maximum Gasteiger partial charge on any atom is 0.351 e. The van der Waals surface area contributed by atoms with Gasteiger partial charge in [0.1, 0.15) is 17.2 Å². The summed E-state index contributed by atoms with van der Waals surface area (Å²) in [5.74, 6) is 10.5. The van der Waals surface area contributed by atoms with Gasteiger partial charge in [0, 0.05) is 11.8 Å². The van der Waals surface area contributed by atoms with Crippen LogP contribution in [0.25, 0.3) is 22.6 Å². The third-order valence-electron chi connectivity index (χ3n) is 4.55. The van der Waals surface area contributed by atoms with Gasteiger partial charge >= 0.3 is 12.5 Å². The van der Waals surface area contributed by atoms with Gasteiger partial charge in [0.2, 0.25) is 0 Å². The van der Waals surface area contributed by atoms with Gasteiger partial charge in [0.25, 0.3) is 0 Å². The number of fused-ring (bicyclic) bond motifs is 1. The van der Waals surface area contributed by atoms with Crippen LogP contribution in [0.4, 0.5) is 20.7 Å². The Morgan fingerprint density at radius 1 is 1.24 bits per heavy atom. The minimum absolute atomic E-state index is 0.00479. The summed E-state index contributed by atoms with van der Waals surface area (Å²) in [6.45, 7) is 0.240. The van der Waals surface area contributed by atoms with Crippen LogP contribution in [0.1, 0.15) is 5.56 Å². The van der Waals surface area contributed by atoms with Crippen molar-refractivity contribution in [1.29, 1.82) is 0 Å². The maximum atomic E-state index is 14.2. The summed E-state index contributed by atoms with van der Waals surface area (Å²) in [6, 6.07) is 8.87. The van der Waals surface area contributed by atoms with Crippen LogP contribution in [0, 0.1) is 5.82 Å². The van der Waals surface area contributed by atoms with Gasteiger partial charge in [-0.2, -0.15) is 5.10 Å². The summed E-state index contributed by atoms with van der Waals surface area (Å²) in [7, 11) is 0. The van der Waals surface area contributed by atoms with Gasteiger partial charge in [-0.1, -0.05) is 18.2 Å². The number of nitrogens with one attached hydrogen (secondary N) is 2. The molecular weight excluding hydrogens is 435 g/mol. The molecule has 14 heteroatoms. The molecule has 13 nitrogen and oxygen atoms in total. The molecule has 0 aliphatic carbocycles. The highest BCUT2D eigenvalue weighted by molar-refractivity contribution is 5.94. The lowest BCUT2D eigenvalue weighted by molar-refractivity contribution is -0.126. The Balaban J connectivity index is 1.82. The van der Waals surface area contributed by atoms with Crippen LogP contribution in [0.5, 0.6) is 0 Å². The molecule has 3 aromatic heterocycles. The molecule has 1 aromatic carbocycles. The number of rotatable bonds is 7. The number of amides is 2. The van der Waals surface area contributed by atoms with E-state index < -0.39 is 6.03 Å². The highest BCUT2D eigenvalue weighted by atomic mass is 19.1. The fraction of sp³-hybridized carbons (Fsp3) is 0.0526. The minimum Gasteiger partial charge on any atom is -0.347 e.